The first-order valence-electron chi connectivity index (χ1n) is 10.6. The SMILES string of the molecule is O=C1c2ccccc2C(=O)[N+]12CCCN(S(=O)(=O)c1ccc(-c3ccccc3)cc1)CC2. The van der Waals surface area contributed by atoms with E-state index in [0.717, 1.165) is 11.1 Å². The molecule has 0 saturated carbocycles. The van der Waals surface area contributed by atoms with Crippen LogP contribution in [0.5, 0.6) is 0 Å². The summed E-state index contributed by atoms with van der Waals surface area (Å²) in [6, 6.07) is 23.5. The second kappa shape index (κ2) is 7.78. The van der Waals surface area contributed by atoms with Crippen LogP contribution < -0.4 is 0 Å². The van der Waals surface area contributed by atoms with E-state index in [2.05, 4.69) is 0 Å². The summed E-state index contributed by atoms with van der Waals surface area (Å²) in [5.74, 6) is -0.450. The van der Waals surface area contributed by atoms with Crippen molar-refractivity contribution < 1.29 is 22.5 Å². The molecule has 32 heavy (non-hydrogen) atoms. The van der Waals surface area contributed by atoms with Crippen molar-refractivity contribution in [3.63, 3.8) is 0 Å². The van der Waals surface area contributed by atoms with Crippen molar-refractivity contribution in [2.75, 3.05) is 26.2 Å². The van der Waals surface area contributed by atoms with Crippen molar-refractivity contribution in [2.24, 2.45) is 0 Å². The lowest BCUT2D eigenvalue weighted by Gasteiger charge is -2.27. The zero-order valence-electron chi connectivity index (χ0n) is 17.5. The molecule has 5 rings (SSSR count). The number of fused-ring (bicyclic) bond motifs is 1. The third-order valence-electron chi connectivity index (χ3n) is 6.44. The minimum Gasteiger partial charge on any atom is -0.225 e. The largest absolute Gasteiger partial charge is 0.354 e. The Balaban J connectivity index is 1.39. The van der Waals surface area contributed by atoms with Crippen LogP contribution in [-0.4, -0.2) is 55.2 Å². The average Bonchev–Trinajstić information content (AvgIpc) is 2.98. The van der Waals surface area contributed by atoms with Gasteiger partial charge in [-0.25, -0.2) is 18.0 Å². The topological polar surface area (TPSA) is 71.5 Å². The number of imide groups is 1. The molecule has 0 N–H and O–H groups in total. The van der Waals surface area contributed by atoms with E-state index in [1.54, 1.807) is 48.5 Å². The van der Waals surface area contributed by atoms with Gasteiger partial charge in [-0.15, -0.1) is 0 Å². The number of carbonyl (C=O) groups is 2. The number of sulfonamides is 1. The van der Waals surface area contributed by atoms with Gasteiger partial charge in [-0.3, -0.25) is 0 Å². The first-order chi connectivity index (χ1) is 15.4. The molecule has 0 bridgehead atoms. The minimum atomic E-state index is -3.73. The maximum atomic E-state index is 13.3. The third-order valence-corrected chi connectivity index (χ3v) is 8.36. The van der Waals surface area contributed by atoms with Crippen LogP contribution in [0.1, 0.15) is 27.1 Å². The Hall–Kier alpha value is -3.13. The Morgan fingerprint density at radius 1 is 0.656 bits per heavy atom. The van der Waals surface area contributed by atoms with Gasteiger partial charge in [0.05, 0.1) is 29.1 Å². The highest BCUT2D eigenvalue weighted by atomic mass is 32.2. The first-order valence-corrected chi connectivity index (χ1v) is 12.1. The molecular weight excluding hydrogens is 424 g/mol. The Morgan fingerprint density at radius 3 is 1.84 bits per heavy atom. The van der Waals surface area contributed by atoms with Gasteiger partial charge in [0, 0.05) is 13.0 Å². The van der Waals surface area contributed by atoms with Crippen molar-refractivity contribution in [2.45, 2.75) is 11.3 Å². The smallest absolute Gasteiger partial charge is 0.225 e. The fraction of sp³-hybridized carbons (Fsp3) is 0.200. The van der Waals surface area contributed by atoms with E-state index in [9.17, 15) is 18.0 Å². The molecule has 6 nitrogen and oxygen atoms in total. The van der Waals surface area contributed by atoms with Crippen molar-refractivity contribution in [1.29, 1.82) is 0 Å². The van der Waals surface area contributed by atoms with E-state index in [1.165, 1.54) is 4.31 Å². The zero-order chi connectivity index (χ0) is 22.3. The highest BCUT2D eigenvalue weighted by molar-refractivity contribution is 7.89. The molecule has 3 aromatic rings. The van der Waals surface area contributed by atoms with Crippen molar-refractivity contribution >= 4 is 21.8 Å². The van der Waals surface area contributed by atoms with E-state index >= 15 is 0 Å². The van der Waals surface area contributed by atoms with Crippen LogP contribution >= 0.6 is 0 Å². The van der Waals surface area contributed by atoms with Gasteiger partial charge in [0.15, 0.2) is 0 Å². The van der Waals surface area contributed by atoms with Gasteiger partial charge in [-0.1, -0.05) is 54.6 Å². The number of nitrogens with zero attached hydrogens (tertiary/aromatic N) is 2. The monoisotopic (exact) mass is 447 g/mol. The Labute approximate surface area is 187 Å². The van der Waals surface area contributed by atoms with E-state index < -0.39 is 10.0 Å². The molecule has 3 aromatic carbocycles. The predicted molar refractivity (Wildman–Crippen MR) is 120 cm³/mol. The summed E-state index contributed by atoms with van der Waals surface area (Å²) in [7, 11) is -3.73. The zero-order valence-corrected chi connectivity index (χ0v) is 18.3. The Bertz CT molecular complexity index is 1270. The molecule has 7 heteroatoms. The van der Waals surface area contributed by atoms with Gasteiger partial charge in [0.2, 0.25) is 10.0 Å². The molecule has 1 saturated heterocycles. The summed E-state index contributed by atoms with van der Waals surface area (Å²) in [4.78, 5) is 26.5. The molecule has 0 aliphatic carbocycles. The lowest BCUT2D eigenvalue weighted by atomic mass is 10.1. The van der Waals surface area contributed by atoms with Crippen LogP contribution in [0.25, 0.3) is 11.1 Å². The van der Waals surface area contributed by atoms with Crippen LogP contribution in [0, 0.1) is 0 Å². The Morgan fingerprint density at radius 2 is 1.22 bits per heavy atom. The van der Waals surface area contributed by atoms with Crippen LogP contribution in [0.2, 0.25) is 0 Å². The number of quaternary nitrogens is 1. The van der Waals surface area contributed by atoms with Gasteiger partial charge < -0.3 is 0 Å². The van der Waals surface area contributed by atoms with Gasteiger partial charge in [-0.2, -0.15) is 8.79 Å². The van der Waals surface area contributed by atoms with Gasteiger partial charge in [0.1, 0.15) is 6.54 Å². The first kappa shape index (κ1) is 20.8. The molecule has 1 spiro atoms. The number of rotatable bonds is 3. The summed E-state index contributed by atoms with van der Waals surface area (Å²) >= 11 is 0. The molecule has 0 radical (unpaired) electrons. The normalized spacial score (nSPS) is 18.5. The Kier molecular flexibility index (Phi) is 5.04. The summed E-state index contributed by atoms with van der Waals surface area (Å²) in [5.41, 5.74) is 2.83. The highest BCUT2D eigenvalue weighted by Crippen LogP contribution is 2.32. The van der Waals surface area contributed by atoms with Crippen LogP contribution in [0.4, 0.5) is 0 Å². The second-order valence-electron chi connectivity index (χ2n) is 8.22. The molecular formula is C25H23N2O4S+. The fourth-order valence-corrected chi connectivity index (χ4v) is 6.15. The number of benzene rings is 3. The quantitative estimate of drug-likeness (QED) is 0.455. The van der Waals surface area contributed by atoms with Crippen molar-refractivity contribution in [3.05, 3.63) is 90.0 Å². The fourth-order valence-electron chi connectivity index (χ4n) is 4.68. The van der Waals surface area contributed by atoms with E-state index in [1.807, 2.05) is 30.3 Å². The molecule has 162 valence electrons. The van der Waals surface area contributed by atoms with E-state index in [-0.39, 0.29) is 40.8 Å². The molecule has 0 atom stereocenters. The minimum absolute atomic E-state index is 0.119. The van der Waals surface area contributed by atoms with Crippen molar-refractivity contribution in [3.8, 4) is 11.1 Å². The lowest BCUT2D eigenvalue weighted by molar-refractivity contribution is -0.760. The highest BCUT2D eigenvalue weighted by Gasteiger charge is 2.54. The van der Waals surface area contributed by atoms with E-state index in [0.29, 0.717) is 24.1 Å². The summed E-state index contributed by atoms with van der Waals surface area (Å²) in [6.07, 6.45) is 0.437. The van der Waals surface area contributed by atoms with Crippen molar-refractivity contribution in [1.82, 2.24) is 4.31 Å². The maximum Gasteiger partial charge on any atom is 0.354 e. The van der Waals surface area contributed by atoms with Crippen LogP contribution in [0.15, 0.2) is 83.8 Å². The van der Waals surface area contributed by atoms with E-state index in [4.69, 9.17) is 0 Å². The molecule has 1 fully saturated rings. The molecule has 2 aliphatic heterocycles. The van der Waals surface area contributed by atoms with Crippen LogP contribution in [-0.2, 0) is 10.0 Å². The number of amides is 2. The summed E-state index contributed by atoms with van der Waals surface area (Å²) in [6.45, 7) is 0.854. The molecule has 2 amide bonds. The lowest BCUT2D eigenvalue weighted by Crippen LogP contribution is -2.54. The van der Waals surface area contributed by atoms with Gasteiger partial charge in [-0.05, 0) is 35.4 Å². The number of hydrogen-bond acceptors (Lipinski definition) is 4. The number of carbonyl (C=O) groups excluding carboxylic acids is 2. The summed E-state index contributed by atoms with van der Waals surface area (Å²) in [5, 5.41) is 0. The number of hydrogen-bond donors (Lipinski definition) is 0. The molecule has 0 unspecified atom stereocenters. The van der Waals surface area contributed by atoms with Crippen LogP contribution in [0.3, 0.4) is 0 Å². The molecule has 2 aliphatic rings. The molecule has 2 heterocycles. The maximum absolute atomic E-state index is 13.3. The van der Waals surface area contributed by atoms with Gasteiger partial charge in [0.25, 0.3) is 0 Å². The standard InChI is InChI=1S/C25H23N2O4S/c28-24-22-9-4-5-10-23(22)25(29)27(24)17-6-15-26(16-18-27)32(30,31)21-13-11-20(12-14-21)19-7-2-1-3-8-19/h1-5,7-14H,6,15-18H2/q+1. The average molecular weight is 448 g/mol. The second-order valence-corrected chi connectivity index (χ2v) is 10.2. The molecule has 0 aromatic heterocycles. The third kappa shape index (κ3) is 3.21. The summed E-state index contributed by atoms with van der Waals surface area (Å²) < 4.78 is 27.7. The predicted octanol–water partition coefficient (Wildman–Crippen LogP) is 3.56. The van der Waals surface area contributed by atoms with Gasteiger partial charge >= 0.3 is 11.8 Å².